The Morgan fingerprint density at radius 2 is 1.64 bits per heavy atom. The summed E-state index contributed by atoms with van der Waals surface area (Å²) in [4.78, 5) is 0. The van der Waals surface area contributed by atoms with E-state index in [1.165, 1.54) is 7.05 Å². The predicted octanol–water partition coefficient (Wildman–Crippen LogP) is 2.72. The lowest BCUT2D eigenvalue weighted by Gasteiger charge is -2.29. The number of alkyl halides is 3. The number of hydrogen-bond donors (Lipinski definition) is 1. The minimum absolute atomic E-state index is 0.507. The number of hydrogen-bond acceptors (Lipinski definition) is 2. The summed E-state index contributed by atoms with van der Waals surface area (Å²) in [6, 6.07) is 0. The summed E-state index contributed by atoms with van der Waals surface area (Å²) >= 11 is 0. The molecule has 84 valence electrons. The molecule has 0 radical (unpaired) electrons. The Morgan fingerprint density at radius 1 is 1.21 bits per heavy atom. The first-order valence-corrected chi connectivity index (χ1v) is 3.91. The van der Waals surface area contributed by atoms with Gasteiger partial charge in [0.25, 0.3) is 0 Å². The normalized spacial score (nSPS) is 14.9. The van der Waals surface area contributed by atoms with Crippen molar-refractivity contribution in [3.63, 3.8) is 0 Å². The highest BCUT2D eigenvalue weighted by Crippen LogP contribution is 2.34. The summed E-state index contributed by atoms with van der Waals surface area (Å²) in [5, 5.41) is 2.21. The van der Waals surface area contributed by atoms with Crippen LogP contribution in [0.2, 0.25) is 0 Å². The third-order valence-electron chi connectivity index (χ3n) is 1.58. The zero-order chi connectivity index (χ0) is 11.6. The summed E-state index contributed by atoms with van der Waals surface area (Å²) in [5.74, 6) is -1.34. The van der Waals surface area contributed by atoms with E-state index >= 15 is 0 Å². The quantitative estimate of drug-likeness (QED) is 0.577. The molecule has 6 heteroatoms. The minimum atomic E-state index is -4.55. The van der Waals surface area contributed by atoms with Crippen LogP contribution in [0.25, 0.3) is 0 Å². The fraction of sp³-hybridized carbons (Fsp3) is 0.750. The maximum Gasteiger partial charge on any atom is 0.427 e. The first-order valence-electron chi connectivity index (χ1n) is 3.91. The van der Waals surface area contributed by atoms with Crippen molar-refractivity contribution in [1.29, 1.82) is 0 Å². The molecular formula is C8H13F4NO. The van der Waals surface area contributed by atoms with Crippen LogP contribution in [-0.4, -0.2) is 18.8 Å². The molecule has 0 aliphatic heterocycles. The van der Waals surface area contributed by atoms with Gasteiger partial charge in [-0.05, 0) is 20.8 Å². The zero-order valence-corrected chi connectivity index (χ0v) is 8.42. The second-order valence-electron chi connectivity index (χ2n) is 3.22. The van der Waals surface area contributed by atoms with E-state index in [-0.39, 0.29) is 0 Å². The van der Waals surface area contributed by atoms with Gasteiger partial charge in [0.05, 0.1) is 0 Å². The van der Waals surface area contributed by atoms with Gasteiger partial charge in [0, 0.05) is 7.05 Å². The van der Waals surface area contributed by atoms with Crippen LogP contribution in [0.3, 0.4) is 0 Å². The van der Waals surface area contributed by atoms with Gasteiger partial charge in [-0.1, -0.05) is 0 Å². The van der Waals surface area contributed by atoms with Crippen LogP contribution in [0.15, 0.2) is 11.7 Å². The standard InChI is InChI=1S/C8H13F4NO/c1-5(9)6(13-4)14-7(2,3)8(10,11)12/h13H,1-4H3/b6-5-. The first-order chi connectivity index (χ1) is 6.12. The van der Waals surface area contributed by atoms with Crippen molar-refractivity contribution in [3.05, 3.63) is 11.7 Å². The van der Waals surface area contributed by atoms with Crippen molar-refractivity contribution < 1.29 is 22.3 Å². The summed E-state index contributed by atoms with van der Waals surface area (Å²) in [6.45, 7) is 2.67. The number of halogens is 4. The van der Waals surface area contributed by atoms with Gasteiger partial charge in [-0.3, -0.25) is 0 Å². The van der Waals surface area contributed by atoms with Crippen LogP contribution in [0.1, 0.15) is 20.8 Å². The Balaban J connectivity index is 4.75. The Kier molecular flexibility index (Phi) is 3.79. The van der Waals surface area contributed by atoms with Gasteiger partial charge in [-0.2, -0.15) is 13.2 Å². The predicted molar refractivity (Wildman–Crippen MR) is 44.1 cm³/mol. The monoisotopic (exact) mass is 215 g/mol. The van der Waals surface area contributed by atoms with Gasteiger partial charge in [0.15, 0.2) is 11.4 Å². The Labute approximate surface area is 79.9 Å². The molecule has 0 fully saturated rings. The second-order valence-corrected chi connectivity index (χ2v) is 3.22. The number of allylic oxidation sites excluding steroid dienone is 1. The molecule has 0 spiro atoms. The summed E-state index contributed by atoms with van der Waals surface area (Å²) in [6.07, 6.45) is -4.55. The lowest BCUT2D eigenvalue weighted by atomic mass is 10.1. The average molecular weight is 215 g/mol. The molecule has 0 aromatic carbocycles. The van der Waals surface area contributed by atoms with Crippen molar-refractivity contribution in [2.45, 2.75) is 32.5 Å². The van der Waals surface area contributed by atoms with Gasteiger partial charge in [0.2, 0.25) is 5.88 Å². The average Bonchev–Trinajstić information content (AvgIpc) is 1.97. The number of ether oxygens (including phenoxy) is 1. The molecule has 1 N–H and O–H groups in total. The van der Waals surface area contributed by atoms with Crippen molar-refractivity contribution in [2.24, 2.45) is 0 Å². The van der Waals surface area contributed by atoms with Gasteiger partial charge < -0.3 is 10.1 Å². The van der Waals surface area contributed by atoms with E-state index in [9.17, 15) is 17.6 Å². The Bertz CT molecular complexity index is 228. The van der Waals surface area contributed by atoms with Crippen molar-refractivity contribution in [3.8, 4) is 0 Å². The van der Waals surface area contributed by atoms with Crippen LogP contribution in [0.5, 0.6) is 0 Å². The van der Waals surface area contributed by atoms with E-state index in [1.54, 1.807) is 0 Å². The molecule has 0 aromatic heterocycles. The van der Waals surface area contributed by atoms with Crippen LogP contribution >= 0.6 is 0 Å². The highest BCUT2D eigenvalue weighted by molar-refractivity contribution is 4.97. The smallest absolute Gasteiger partial charge is 0.427 e. The number of rotatable bonds is 3. The molecule has 14 heavy (non-hydrogen) atoms. The van der Waals surface area contributed by atoms with Crippen LogP contribution in [0, 0.1) is 0 Å². The molecule has 0 aliphatic rings. The Hall–Kier alpha value is -0.940. The summed E-state index contributed by atoms with van der Waals surface area (Å²) in [5.41, 5.74) is -2.42. The lowest BCUT2D eigenvalue weighted by molar-refractivity contribution is -0.253. The molecule has 0 saturated carbocycles. The maximum absolute atomic E-state index is 12.6. The molecule has 0 rings (SSSR count). The summed E-state index contributed by atoms with van der Waals surface area (Å²) < 4.78 is 54.0. The van der Waals surface area contributed by atoms with E-state index in [0.29, 0.717) is 0 Å². The van der Waals surface area contributed by atoms with E-state index in [4.69, 9.17) is 0 Å². The Morgan fingerprint density at radius 3 is 1.86 bits per heavy atom. The molecule has 0 bridgehead atoms. The first kappa shape index (κ1) is 13.1. The molecule has 2 nitrogen and oxygen atoms in total. The van der Waals surface area contributed by atoms with Gasteiger partial charge >= 0.3 is 6.18 Å². The largest absolute Gasteiger partial charge is 0.462 e. The lowest BCUT2D eigenvalue weighted by Crippen LogP contribution is -2.43. The molecule has 0 aromatic rings. The zero-order valence-electron chi connectivity index (χ0n) is 8.42. The van der Waals surface area contributed by atoms with Crippen LogP contribution < -0.4 is 5.32 Å². The highest BCUT2D eigenvalue weighted by atomic mass is 19.4. The van der Waals surface area contributed by atoms with Crippen LogP contribution in [-0.2, 0) is 4.74 Å². The van der Waals surface area contributed by atoms with Crippen LogP contribution in [0.4, 0.5) is 17.6 Å². The minimum Gasteiger partial charge on any atom is -0.462 e. The van der Waals surface area contributed by atoms with Crippen molar-refractivity contribution in [2.75, 3.05) is 7.05 Å². The molecule has 0 aliphatic carbocycles. The van der Waals surface area contributed by atoms with Crippen molar-refractivity contribution in [1.82, 2.24) is 5.32 Å². The SMILES string of the molecule is CN/C(OC(C)(C)C(F)(F)F)=C(\C)F. The molecule has 0 saturated heterocycles. The van der Waals surface area contributed by atoms with Gasteiger partial charge in [-0.25, -0.2) is 4.39 Å². The maximum atomic E-state index is 12.6. The van der Waals surface area contributed by atoms with E-state index in [1.807, 2.05) is 0 Å². The third-order valence-corrected chi connectivity index (χ3v) is 1.58. The summed E-state index contributed by atoms with van der Waals surface area (Å²) in [7, 11) is 1.28. The highest BCUT2D eigenvalue weighted by Gasteiger charge is 2.50. The fourth-order valence-electron chi connectivity index (χ4n) is 0.607. The van der Waals surface area contributed by atoms with E-state index in [0.717, 1.165) is 20.8 Å². The second kappa shape index (κ2) is 4.06. The van der Waals surface area contributed by atoms with Gasteiger partial charge in [0.1, 0.15) is 0 Å². The van der Waals surface area contributed by atoms with E-state index < -0.39 is 23.5 Å². The topological polar surface area (TPSA) is 21.3 Å². The number of nitrogens with one attached hydrogen (secondary N) is 1. The van der Waals surface area contributed by atoms with E-state index in [2.05, 4.69) is 10.1 Å². The molecule has 0 heterocycles. The van der Waals surface area contributed by atoms with Gasteiger partial charge in [-0.15, -0.1) is 0 Å². The molecule has 0 amide bonds. The molecule has 0 unspecified atom stereocenters. The van der Waals surface area contributed by atoms with Crippen molar-refractivity contribution >= 4 is 0 Å². The third kappa shape index (κ3) is 3.08. The fourth-order valence-corrected chi connectivity index (χ4v) is 0.607. The molecular weight excluding hydrogens is 202 g/mol. The molecule has 0 atom stereocenters.